The molecule has 49 heavy (non-hydrogen) atoms. The molecule has 0 bridgehead atoms. The van der Waals surface area contributed by atoms with Crippen LogP contribution in [0, 0.1) is 27.7 Å². The highest BCUT2D eigenvalue weighted by Crippen LogP contribution is 2.46. The second kappa shape index (κ2) is 11.4. The summed E-state index contributed by atoms with van der Waals surface area (Å²) in [6.07, 6.45) is 0. The summed E-state index contributed by atoms with van der Waals surface area (Å²) in [5.74, 6) is 0. The van der Waals surface area contributed by atoms with Crippen molar-refractivity contribution in [2.24, 2.45) is 0 Å². The third-order valence-electron chi connectivity index (χ3n) is 10.2. The first-order chi connectivity index (χ1) is 23.9. The van der Waals surface area contributed by atoms with Gasteiger partial charge in [-0.3, -0.25) is 0 Å². The normalized spacial score (nSPS) is 12.8. The summed E-state index contributed by atoms with van der Waals surface area (Å²) >= 11 is 0. The molecule has 0 fully saturated rings. The molecule has 0 amide bonds. The lowest BCUT2D eigenvalue weighted by Gasteiger charge is -2.44. The van der Waals surface area contributed by atoms with Gasteiger partial charge < -0.3 is 9.80 Å². The third-order valence-corrected chi connectivity index (χ3v) is 10.2. The number of aryl methyl sites for hydroxylation is 4. The van der Waals surface area contributed by atoms with Gasteiger partial charge in [0.1, 0.15) is 0 Å². The van der Waals surface area contributed by atoms with Gasteiger partial charge in [-0.15, -0.1) is 0 Å². The fourth-order valence-electron chi connectivity index (χ4n) is 7.93. The highest BCUT2D eigenvalue weighted by Gasteiger charge is 2.43. The maximum Gasteiger partial charge on any atom is 0.252 e. The third kappa shape index (κ3) is 4.88. The van der Waals surface area contributed by atoms with Crippen LogP contribution >= 0.6 is 0 Å². The van der Waals surface area contributed by atoms with Crippen molar-refractivity contribution in [2.75, 3.05) is 9.80 Å². The molecule has 0 N–H and O–H groups in total. The van der Waals surface area contributed by atoms with Gasteiger partial charge in [0.25, 0.3) is 6.71 Å². The summed E-state index contributed by atoms with van der Waals surface area (Å²) < 4.78 is 0. The largest absolute Gasteiger partial charge is 0.311 e. The van der Waals surface area contributed by atoms with Gasteiger partial charge in [0.05, 0.1) is 0 Å². The molecule has 7 aromatic rings. The van der Waals surface area contributed by atoms with E-state index >= 15 is 0 Å². The molecule has 7 aromatic carbocycles. The molecular weight excluding hydrogens is 591 g/mol. The molecule has 234 valence electrons. The molecule has 0 spiro atoms. The highest BCUT2D eigenvalue weighted by molar-refractivity contribution is 7.00. The van der Waals surface area contributed by atoms with Gasteiger partial charge in [-0.05, 0) is 138 Å². The Labute approximate surface area is 290 Å². The van der Waals surface area contributed by atoms with Gasteiger partial charge in [0.15, 0.2) is 0 Å². The van der Waals surface area contributed by atoms with Crippen LogP contribution in [0.4, 0.5) is 34.1 Å². The molecule has 2 aliphatic heterocycles. The van der Waals surface area contributed by atoms with Crippen LogP contribution in [-0.4, -0.2) is 6.71 Å². The zero-order valence-electron chi connectivity index (χ0n) is 28.4. The lowest BCUT2D eigenvalue weighted by Crippen LogP contribution is -2.61. The van der Waals surface area contributed by atoms with Crippen LogP contribution in [0.15, 0.2) is 152 Å². The molecule has 2 nitrogen and oxygen atoms in total. The Morgan fingerprint density at radius 2 is 0.796 bits per heavy atom. The zero-order chi connectivity index (χ0) is 33.2. The van der Waals surface area contributed by atoms with Crippen LogP contribution in [0.25, 0.3) is 22.3 Å². The molecule has 0 saturated carbocycles. The van der Waals surface area contributed by atoms with Gasteiger partial charge in [0.2, 0.25) is 0 Å². The summed E-state index contributed by atoms with van der Waals surface area (Å²) in [7, 11) is 0. The van der Waals surface area contributed by atoms with E-state index in [1.165, 1.54) is 89.3 Å². The first-order valence-electron chi connectivity index (χ1n) is 17.2. The van der Waals surface area contributed by atoms with Crippen molar-refractivity contribution in [3.05, 3.63) is 174 Å². The molecule has 0 atom stereocenters. The smallest absolute Gasteiger partial charge is 0.252 e. The number of anilines is 6. The highest BCUT2D eigenvalue weighted by atomic mass is 15.2. The van der Waals surface area contributed by atoms with Gasteiger partial charge in [-0.2, -0.15) is 0 Å². The van der Waals surface area contributed by atoms with Crippen molar-refractivity contribution >= 4 is 57.2 Å². The number of hydrogen-bond acceptors (Lipinski definition) is 2. The summed E-state index contributed by atoms with van der Waals surface area (Å²) in [4.78, 5) is 5.04. The van der Waals surface area contributed by atoms with Crippen molar-refractivity contribution in [1.29, 1.82) is 0 Å². The first kappa shape index (κ1) is 29.4. The molecule has 3 heteroatoms. The van der Waals surface area contributed by atoms with Crippen LogP contribution in [0.3, 0.4) is 0 Å². The van der Waals surface area contributed by atoms with Crippen molar-refractivity contribution in [1.82, 2.24) is 0 Å². The van der Waals surface area contributed by atoms with Crippen LogP contribution in [-0.2, 0) is 0 Å². The summed E-state index contributed by atoms with van der Waals surface area (Å²) in [5.41, 5.74) is 21.2. The average molecular weight is 629 g/mol. The number of fused-ring (bicyclic) bond motifs is 4. The van der Waals surface area contributed by atoms with Crippen molar-refractivity contribution in [3.63, 3.8) is 0 Å². The second-order valence-electron chi connectivity index (χ2n) is 13.8. The Hall–Kier alpha value is -5.80. The Balaban J connectivity index is 1.36. The average Bonchev–Trinajstić information content (AvgIpc) is 3.12. The Morgan fingerprint density at radius 1 is 0.347 bits per heavy atom. The van der Waals surface area contributed by atoms with Crippen LogP contribution in [0.5, 0.6) is 0 Å². The second-order valence-corrected chi connectivity index (χ2v) is 13.8. The Kier molecular flexibility index (Phi) is 6.84. The topological polar surface area (TPSA) is 6.48 Å². The van der Waals surface area contributed by atoms with Gasteiger partial charge in [-0.1, -0.05) is 103 Å². The molecule has 0 aliphatic carbocycles. The predicted molar refractivity (Wildman–Crippen MR) is 210 cm³/mol. The van der Waals surface area contributed by atoms with E-state index in [1.807, 2.05) is 0 Å². The standard InChI is InChI=1S/C46H37BN2/c1-30-15-19-38(20-16-30)48-42-23-31(2)17-21-40(42)47-41-22-18-32(3)24-43(41)49(45-26-33(4)25-44(48)46(45)47)39-28-36(34-11-7-5-8-12-34)27-37(29-39)35-13-9-6-10-14-35/h5-29H,1-4H3. The zero-order valence-corrected chi connectivity index (χ0v) is 28.4. The van der Waals surface area contributed by atoms with E-state index in [4.69, 9.17) is 0 Å². The monoisotopic (exact) mass is 628 g/mol. The van der Waals surface area contributed by atoms with E-state index < -0.39 is 0 Å². The van der Waals surface area contributed by atoms with Crippen molar-refractivity contribution in [2.45, 2.75) is 27.7 Å². The summed E-state index contributed by atoms with van der Waals surface area (Å²) in [6, 6.07) is 56.5. The summed E-state index contributed by atoms with van der Waals surface area (Å²) in [6.45, 7) is 8.93. The maximum absolute atomic E-state index is 2.54. The van der Waals surface area contributed by atoms with Crippen molar-refractivity contribution < 1.29 is 0 Å². The maximum atomic E-state index is 2.54. The van der Waals surface area contributed by atoms with Gasteiger partial charge in [0, 0.05) is 34.1 Å². The van der Waals surface area contributed by atoms with E-state index in [0.29, 0.717) is 0 Å². The van der Waals surface area contributed by atoms with Crippen LogP contribution in [0.2, 0.25) is 0 Å². The number of nitrogens with zero attached hydrogens (tertiary/aromatic N) is 2. The Bertz CT molecular complexity index is 2320. The number of rotatable bonds is 4. The van der Waals surface area contributed by atoms with E-state index in [9.17, 15) is 0 Å². The number of hydrogen-bond donors (Lipinski definition) is 0. The molecule has 2 heterocycles. The minimum Gasteiger partial charge on any atom is -0.311 e. The lowest BCUT2D eigenvalue weighted by atomic mass is 9.33. The van der Waals surface area contributed by atoms with E-state index in [0.717, 1.165) is 5.69 Å². The van der Waals surface area contributed by atoms with Gasteiger partial charge in [-0.25, -0.2) is 0 Å². The molecule has 0 radical (unpaired) electrons. The number of benzene rings is 7. The SMILES string of the molecule is Cc1ccc(N2c3cc(C)ccc3B3c4ccc(C)cc4N(c4cc(-c5ccccc5)cc(-c5ccccc5)c4)c4cc(C)cc2c43)cc1. The van der Waals surface area contributed by atoms with Crippen LogP contribution < -0.4 is 26.2 Å². The van der Waals surface area contributed by atoms with Gasteiger partial charge >= 0.3 is 0 Å². The molecule has 9 rings (SSSR count). The molecule has 0 unspecified atom stereocenters. The molecule has 2 aliphatic rings. The van der Waals surface area contributed by atoms with Crippen LogP contribution in [0.1, 0.15) is 22.3 Å². The minimum absolute atomic E-state index is 0.112. The van der Waals surface area contributed by atoms with Crippen molar-refractivity contribution in [3.8, 4) is 22.3 Å². The fourth-order valence-corrected chi connectivity index (χ4v) is 7.93. The van der Waals surface area contributed by atoms with E-state index in [2.05, 4.69) is 189 Å². The fraction of sp³-hybridized carbons (Fsp3) is 0.0870. The predicted octanol–water partition coefficient (Wildman–Crippen LogP) is 10.3. The van der Waals surface area contributed by atoms with E-state index in [1.54, 1.807) is 0 Å². The molecule has 0 aromatic heterocycles. The minimum atomic E-state index is 0.112. The molecular formula is C46H37BN2. The quantitative estimate of drug-likeness (QED) is 0.179. The summed E-state index contributed by atoms with van der Waals surface area (Å²) in [5, 5.41) is 0. The molecule has 0 saturated heterocycles. The lowest BCUT2D eigenvalue weighted by molar-refractivity contribution is 1.23. The Morgan fingerprint density at radius 3 is 1.31 bits per heavy atom. The van der Waals surface area contributed by atoms with E-state index in [-0.39, 0.29) is 6.71 Å². The first-order valence-corrected chi connectivity index (χ1v) is 17.2.